The van der Waals surface area contributed by atoms with Gasteiger partial charge in [0, 0.05) is 16.9 Å². The summed E-state index contributed by atoms with van der Waals surface area (Å²) >= 11 is 1.46. The Morgan fingerprint density at radius 2 is 1.91 bits per heavy atom. The molecule has 23 heavy (non-hydrogen) atoms. The maximum atomic E-state index is 13.3. The number of carbonyl (C=O) groups excluding carboxylic acids is 1. The van der Waals surface area contributed by atoms with Gasteiger partial charge in [-0.05, 0) is 54.0 Å². The van der Waals surface area contributed by atoms with Gasteiger partial charge < -0.3 is 4.74 Å². The quantitative estimate of drug-likeness (QED) is 0.715. The molecule has 0 spiro atoms. The predicted octanol–water partition coefficient (Wildman–Crippen LogP) is 5.26. The molecule has 2 aromatic rings. The molecule has 1 unspecified atom stereocenters. The SMILES string of the molecule is COc1ccc(C(=O)c2ccc(C3=CC=C(F)CC3C)s2)cc1. The summed E-state index contributed by atoms with van der Waals surface area (Å²) in [6.45, 7) is 2.00. The number of ether oxygens (including phenoxy) is 1. The van der Waals surface area contributed by atoms with Gasteiger partial charge in [0.05, 0.1) is 12.0 Å². The van der Waals surface area contributed by atoms with Crippen molar-refractivity contribution in [1.29, 1.82) is 0 Å². The molecular weight excluding hydrogens is 311 g/mol. The van der Waals surface area contributed by atoms with Crippen molar-refractivity contribution in [2.75, 3.05) is 7.11 Å². The first-order valence-corrected chi connectivity index (χ1v) is 8.25. The highest BCUT2D eigenvalue weighted by Gasteiger charge is 2.19. The zero-order valence-corrected chi connectivity index (χ0v) is 13.8. The van der Waals surface area contributed by atoms with Gasteiger partial charge in [0.25, 0.3) is 0 Å². The third kappa shape index (κ3) is 3.27. The molecule has 0 aliphatic heterocycles. The van der Waals surface area contributed by atoms with E-state index in [1.165, 1.54) is 17.4 Å². The second-order valence-corrected chi connectivity index (χ2v) is 6.65. The molecule has 4 heteroatoms. The van der Waals surface area contributed by atoms with Gasteiger partial charge in [-0.2, -0.15) is 0 Å². The lowest BCUT2D eigenvalue weighted by Crippen LogP contribution is -2.01. The first-order chi connectivity index (χ1) is 11.1. The highest BCUT2D eigenvalue weighted by molar-refractivity contribution is 7.15. The van der Waals surface area contributed by atoms with Crippen molar-refractivity contribution in [3.05, 3.63) is 69.7 Å². The Labute approximate surface area is 138 Å². The van der Waals surface area contributed by atoms with E-state index in [1.54, 1.807) is 31.4 Å². The molecule has 1 heterocycles. The number of allylic oxidation sites excluding steroid dienone is 4. The van der Waals surface area contributed by atoms with Crippen molar-refractivity contribution in [3.63, 3.8) is 0 Å². The number of hydrogen-bond acceptors (Lipinski definition) is 3. The van der Waals surface area contributed by atoms with Crippen LogP contribution in [0.1, 0.15) is 33.5 Å². The predicted molar refractivity (Wildman–Crippen MR) is 91.7 cm³/mol. The molecule has 1 aromatic carbocycles. The number of halogens is 1. The van der Waals surface area contributed by atoms with Gasteiger partial charge in [-0.15, -0.1) is 11.3 Å². The van der Waals surface area contributed by atoms with Crippen LogP contribution in [0.5, 0.6) is 5.75 Å². The minimum absolute atomic E-state index is 0.00492. The second-order valence-electron chi connectivity index (χ2n) is 5.56. The third-order valence-electron chi connectivity index (χ3n) is 3.94. The molecule has 2 nitrogen and oxygen atoms in total. The molecule has 0 N–H and O–H groups in total. The van der Waals surface area contributed by atoms with Crippen molar-refractivity contribution in [3.8, 4) is 5.75 Å². The molecule has 1 aromatic heterocycles. The largest absolute Gasteiger partial charge is 0.497 e. The Morgan fingerprint density at radius 1 is 1.17 bits per heavy atom. The lowest BCUT2D eigenvalue weighted by Gasteiger charge is -2.16. The van der Waals surface area contributed by atoms with Crippen LogP contribution in [0.15, 0.2) is 54.4 Å². The summed E-state index contributed by atoms with van der Waals surface area (Å²) < 4.78 is 18.4. The molecule has 0 radical (unpaired) electrons. The summed E-state index contributed by atoms with van der Waals surface area (Å²) in [7, 11) is 1.60. The molecule has 3 rings (SSSR count). The van der Waals surface area contributed by atoms with E-state index in [4.69, 9.17) is 4.74 Å². The van der Waals surface area contributed by atoms with Crippen LogP contribution in [0, 0.1) is 5.92 Å². The van der Waals surface area contributed by atoms with E-state index in [0.29, 0.717) is 16.9 Å². The molecule has 0 saturated heterocycles. The van der Waals surface area contributed by atoms with Crippen LogP contribution in [0.3, 0.4) is 0 Å². The molecule has 0 amide bonds. The Kier molecular flexibility index (Phi) is 4.44. The first kappa shape index (κ1) is 15.7. The van der Waals surface area contributed by atoms with Crippen molar-refractivity contribution in [2.24, 2.45) is 5.92 Å². The average molecular weight is 328 g/mol. The zero-order chi connectivity index (χ0) is 16.4. The highest BCUT2D eigenvalue weighted by Crippen LogP contribution is 2.36. The van der Waals surface area contributed by atoms with E-state index in [1.807, 2.05) is 25.1 Å². The molecule has 0 bridgehead atoms. The Morgan fingerprint density at radius 3 is 2.57 bits per heavy atom. The van der Waals surface area contributed by atoms with Gasteiger partial charge in [-0.3, -0.25) is 4.79 Å². The molecule has 118 valence electrons. The molecular formula is C19H17FO2S. The van der Waals surface area contributed by atoms with Crippen LogP contribution < -0.4 is 4.74 Å². The standard InChI is InChI=1S/C19H17FO2S/c1-12-11-14(20)5-8-16(12)17-9-10-18(23-17)19(21)13-3-6-15(22-2)7-4-13/h3-10,12H,11H2,1-2H3. The van der Waals surface area contributed by atoms with Gasteiger partial charge in [-0.1, -0.05) is 13.0 Å². The van der Waals surface area contributed by atoms with E-state index in [2.05, 4.69) is 0 Å². The summed E-state index contributed by atoms with van der Waals surface area (Å²) in [4.78, 5) is 14.3. The topological polar surface area (TPSA) is 26.3 Å². The van der Waals surface area contributed by atoms with E-state index in [9.17, 15) is 9.18 Å². The van der Waals surface area contributed by atoms with E-state index in [-0.39, 0.29) is 17.5 Å². The van der Waals surface area contributed by atoms with Gasteiger partial charge in [-0.25, -0.2) is 4.39 Å². The summed E-state index contributed by atoms with van der Waals surface area (Å²) in [5.74, 6) is 0.757. The molecule has 0 saturated carbocycles. The van der Waals surface area contributed by atoms with Crippen molar-refractivity contribution in [1.82, 2.24) is 0 Å². The summed E-state index contributed by atoms with van der Waals surface area (Å²) in [5.41, 5.74) is 1.72. The van der Waals surface area contributed by atoms with Crippen LogP contribution in [0.25, 0.3) is 5.57 Å². The Balaban J connectivity index is 1.85. The fourth-order valence-electron chi connectivity index (χ4n) is 2.64. The number of methoxy groups -OCH3 is 1. The molecule has 1 atom stereocenters. The van der Waals surface area contributed by atoms with Gasteiger partial charge >= 0.3 is 0 Å². The summed E-state index contributed by atoms with van der Waals surface area (Å²) in [6.07, 6.45) is 3.75. The fourth-order valence-corrected chi connectivity index (χ4v) is 3.75. The lowest BCUT2D eigenvalue weighted by atomic mass is 9.92. The smallest absolute Gasteiger partial charge is 0.202 e. The number of hydrogen-bond donors (Lipinski definition) is 0. The van der Waals surface area contributed by atoms with Crippen LogP contribution in [0.4, 0.5) is 4.39 Å². The zero-order valence-electron chi connectivity index (χ0n) is 13.0. The number of ketones is 1. The van der Waals surface area contributed by atoms with Crippen LogP contribution in [-0.4, -0.2) is 12.9 Å². The number of benzene rings is 1. The van der Waals surface area contributed by atoms with E-state index < -0.39 is 0 Å². The Bertz CT molecular complexity index is 784. The molecule has 0 fully saturated rings. The van der Waals surface area contributed by atoms with Crippen molar-refractivity contribution in [2.45, 2.75) is 13.3 Å². The molecule has 1 aliphatic rings. The Hall–Kier alpha value is -2.20. The molecule has 1 aliphatic carbocycles. The maximum Gasteiger partial charge on any atom is 0.202 e. The highest BCUT2D eigenvalue weighted by atomic mass is 32.1. The van der Waals surface area contributed by atoms with Crippen molar-refractivity contribution >= 4 is 22.7 Å². The monoisotopic (exact) mass is 328 g/mol. The van der Waals surface area contributed by atoms with Crippen LogP contribution in [0.2, 0.25) is 0 Å². The van der Waals surface area contributed by atoms with E-state index in [0.717, 1.165) is 16.2 Å². The second kappa shape index (κ2) is 6.50. The van der Waals surface area contributed by atoms with E-state index >= 15 is 0 Å². The summed E-state index contributed by atoms with van der Waals surface area (Å²) in [6, 6.07) is 10.9. The summed E-state index contributed by atoms with van der Waals surface area (Å²) in [5, 5.41) is 0. The van der Waals surface area contributed by atoms with Gasteiger partial charge in [0.15, 0.2) is 0 Å². The normalized spacial score (nSPS) is 17.4. The lowest BCUT2D eigenvalue weighted by molar-refractivity contribution is 0.104. The first-order valence-electron chi connectivity index (χ1n) is 7.43. The maximum absolute atomic E-state index is 13.3. The third-order valence-corrected chi connectivity index (χ3v) is 5.08. The van der Waals surface area contributed by atoms with Crippen molar-refractivity contribution < 1.29 is 13.9 Å². The fraction of sp³-hybridized carbons (Fsp3) is 0.211. The van der Waals surface area contributed by atoms with Gasteiger partial charge in [0.2, 0.25) is 5.78 Å². The van der Waals surface area contributed by atoms with Crippen LogP contribution >= 0.6 is 11.3 Å². The average Bonchev–Trinajstić information content (AvgIpc) is 3.04. The van der Waals surface area contributed by atoms with Gasteiger partial charge in [0.1, 0.15) is 11.6 Å². The minimum Gasteiger partial charge on any atom is -0.497 e. The minimum atomic E-state index is -0.0904. The number of carbonyl (C=O) groups is 1. The number of rotatable bonds is 4. The number of thiophene rings is 1. The van der Waals surface area contributed by atoms with Crippen LogP contribution in [-0.2, 0) is 0 Å².